The fraction of sp³-hybridized carbons (Fsp3) is 0.370. The van der Waals surface area contributed by atoms with Crippen molar-refractivity contribution in [2.45, 2.75) is 18.9 Å². The molecule has 0 spiro atoms. The molecule has 0 N–H and O–H groups in total. The Balaban J connectivity index is 1.26. The number of rotatable bonds is 7. The van der Waals surface area contributed by atoms with Crippen LogP contribution in [0.1, 0.15) is 34.9 Å². The lowest BCUT2D eigenvalue weighted by molar-refractivity contribution is 0.0322. The van der Waals surface area contributed by atoms with Crippen molar-refractivity contribution in [1.82, 2.24) is 19.8 Å². The van der Waals surface area contributed by atoms with Crippen molar-refractivity contribution in [3.05, 3.63) is 78.1 Å². The van der Waals surface area contributed by atoms with Crippen LogP contribution in [0.25, 0.3) is 11.4 Å². The number of hydrogen-bond acceptors (Lipinski definition) is 6. The third-order valence-corrected chi connectivity index (χ3v) is 6.43. The summed E-state index contributed by atoms with van der Waals surface area (Å²) in [4.78, 5) is 27.0. The highest BCUT2D eigenvalue weighted by Crippen LogP contribution is 2.33. The largest absolute Gasteiger partial charge is 0.492 e. The minimum Gasteiger partial charge on any atom is -0.492 e. The number of benzene rings is 2. The molecule has 176 valence electrons. The number of aromatic nitrogens is 2. The first-order valence-electron chi connectivity index (χ1n) is 12.0. The zero-order valence-corrected chi connectivity index (χ0v) is 19.3. The molecule has 0 bridgehead atoms. The fourth-order valence-electron chi connectivity index (χ4n) is 4.60. The van der Waals surface area contributed by atoms with Gasteiger partial charge in [-0.2, -0.15) is 0 Å². The van der Waals surface area contributed by atoms with Crippen molar-refractivity contribution in [2.24, 2.45) is 0 Å². The lowest BCUT2D eigenvalue weighted by Crippen LogP contribution is -2.38. The maximum atomic E-state index is 13.5. The Morgan fingerprint density at radius 1 is 1.03 bits per heavy atom. The molecule has 2 saturated heterocycles. The third-order valence-electron chi connectivity index (χ3n) is 6.43. The Morgan fingerprint density at radius 3 is 2.74 bits per heavy atom. The van der Waals surface area contributed by atoms with Gasteiger partial charge in [-0.05, 0) is 37.1 Å². The van der Waals surface area contributed by atoms with Gasteiger partial charge in [0.15, 0.2) is 5.82 Å². The zero-order chi connectivity index (χ0) is 23.2. The predicted octanol–water partition coefficient (Wildman–Crippen LogP) is 3.83. The fourth-order valence-corrected chi connectivity index (χ4v) is 4.60. The number of carbonyl (C=O) groups is 1. The monoisotopic (exact) mass is 458 g/mol. The predicted molar refractivity (Wildman–Crippen MR) is 130 cm³/mol. The van der Waals surface area contributed by atoms with Crippen LogP contribution in [0.4, 0.5) is 0 Å². The standard InChI is InChI=1S/C27H30N4O3/c32-27(22-8-4-9-23(20-22)34-19-16-30-14-17-33-18-15-30)31-13-5-10-25(31)24-11-12-28-26(29-24)21-6-2-1-3-7-21/h1-4,6-9,11-12,20,25H,5,10,13-19H2. The highest BCUT2D eigenvalue weighted by atomic mass is 16.5. The molecule has 2 aliphatic heterocycles. The normalized spacial score (nSPS) is 18.7. The topological polar surface area (TPSA) is 67.8 Å². The van der Waals surface area contributed by atoms with Crippen LogP contribution in [0.15, 0.2) is 66.9 Å². The molecule has 1 aromatic heterocycles. The zero-order valence-electron chi connectivity index (χ0n) is 19.3. The maximum Gasteiger partial charge on any atom is 0.254 e. The van der Waals surface area contributed by atoms with Gasteiger partial charge in [0.1, 0.15) is 12.4 Å². The molecule has 0 radical (unpaired) electrons. The van der Waals surface area contributed by atoms with Crippen LogP contribution in [0.2, 0.25) is 0 Å². The van der Waals surface area contributed by atoms with E-state index in [-0.39, 0.29) is 11.9 Å². The number of likely N-dealkylation sites (tertiary alicyclic amines) is 1. The van der Waals surface area contributed by atoms with Crippen LogP contribution in [0.3, 0.4) is 0 Å². The summed E-state index contributed by atoms with van der Waals surface area (Å²) in [7, 11) is 0. The lowest BCUT2D eigenvalue weighted by Gasteiger charge is -2.26. The summed E-state index contributed by atoms with van der Waals surface area (Å²) >= 11 is 0. The number of morpholine rings is 1. The molecule has 2 fully saturated rings. The van der Waals surface area contributed by atoms with Crippen molar-refractivity contribution >= 4 is 5.91 Å². The van der Waals surface area contributed by atoms with Gasteiger partial charge in [0.2, 0.25) is 0 Å². The van der Waals surface area contributed by atoms with E-state index in [1.807, 2.05) is 65.6 Å². The second-order valence-electron chi connectivity index (χ2n) is 8.66. The molecule has 2 aromatic carbocycles. The average molecular weight is 459 g/mol. The summed E-state index contributed by atoms with van der Waals surface area (Å²) in [5.74, 6) is 1.43. The molecule has 2 aliphatic rings. The molecule has 0 aliphatic carbocycles. The van der Waals surface area contributed by atoms with Crippen LogP contribution in [0.5, 0.6) is 5.75 Å². The molecule has 1 unspecified atom stereocenters. The van der Waals surface area contributed by atoms with Gasteiger partial charge in [-0.15, -0.1) is 0 Å². The highest BCUT2D eigenvalue weighted by Gasteiger charge is 2.32. The molecule has 1 amide bonds. The van der Waals surface area contributed by atoms with Crippen LogP contribution < -0.4 is 4.74 Å². The first-order valence-corrected chi connectivity index (χ1v) is 12.0. The molecule has 5 rings (SSSR count). The van der Waals surface area contributed by atoms with E-state index in [1.54, 1.807) is 6.20 Å². The number of hydrogen-bond donors (Lipinski definition) is 0. The first-order chi connectivity index (χ1) is 16.8. The van der Waals surface area contributed by atoms with Crippen LogP contribution in [0, 0.1) is 0 Å². The van der Waals surface area contributed by atoms with E-state index in [9.17, 15) is 4.79 Å². The number of carbonyl (C=O) groups excluding carboxylic acids is 1. The van der Waals surface area contributed by atoms with Crippen LogP contribution in [-0.4, -0.2) is 71.7 Å². The average Bonchev–Trinajstić information content (AvgIpc) is 3.40. The van der Waals surface area contributed by atoms with Gasteiger partial charge < -0.3 is 14.4 Å². The Labute approximate surface area is 200 Å². The minimum atomic E-state index is -0.0520. The first kappa shape index (κ1) is 22.5. The molecular formula is C27H30N4O3. The molecule has 7 heteroatoms. The Bertz CT molecular complexity index is 1100. The van der Waals surface area contributed by atoms with Crippen molar-refractivity contribution in [3.8, 4) is 17.1 Å². The number of amides is 1. The second kappa shape index (κ2) is 10.8. The van der Waals surface area contributed by atoms with E-state index >= 15 is 0 Å². The Hall–Kier alpha value is -3.29. The van der Waals surface area contributed by atoms with Gasteiger partial charge in [-0.25, -0.2) is 9.97 Å². The molecule has 3 heterocycles. The van der Waals surface area contributed by atoms with Gasteiger partial charge in [0, 0.05) is 43.5 Å². The minimum absolute atomic E-state index is 0.0148. The van der Waals surface area contributed by atoms with E-state index < -0.39 is 0 Å². The smallest absolute Gasteiger partial charge is 0.254 e. The second-order valence-corrected chi connectivity index (χ2v) is 8.66. The Morgan fingerprint density at radius 2 is 1.88 bits per heavy atom. The maximum absolute atomic E-state index is 13.5. The third kappa shape index (κ3) is 5.26. The molecule has 3 aromatic rings. The molecule has 1 atom stereocenters. The van der Waals surface area contributed by atoms with E-state index in [0.29, 0.717) is 18.0 Å². The van der Waals surface area contributed by atoms with Gasteiger partial charge in [0.25, 0.3) is 5.91 Å². The Kier molecular flexibility index (Phi) is 7.12. The molecular weight excluding hydrogens is 428 g/mol. The van der Waals surface area contributed by atoms with Crippen LogP contribution >= 0.6 is 0 Å². The summed E-state index contributed by atoms with van der Waals surface area (Å²) in [6, 6.07) is 19.3. The molecule has 34 heavy (non-hydrogen) atoms. The lowest BCUT2D eigenvalue weighted by atomic mass is 10.1. The van der Waals surface area contributed by atoms with Crippen molar-refractivity contribution in [1.29, 1.82) is 0 Å². The van der Waals surface area contributed by atoms with E-state index in [0.717, 1.165) is 69.2 Å². The number of nitrogens with zero attached hydrogens (tertiary/aromatic N) is 4. The summed E-state index contributed by atoms with van der Waals surface area (Å²) in [6.45, 7) is 5.59. The summed E-state index contributed by atoms with van der Waals surface area (Å²) in [5.41, 5.74) is 2.51. The summed E-state index contributed by atoms with van der Waals surface area (Å²) in [6.07, 6.45) is 3.64. The van der Waals surface area contributed by atoms with Gasteiger partial charge in [-0.1, -0.05) is 36.4 Å². The van der Waals surface area contributed by atoms with E-state index in [2.05, 4.69) is 9.88 Å². The SMILES string of the molecule is O=C(c1cccc(OCCN2CCOCC2)c1)N1CCCC1c1ccnc(-c2ccccc2)n1. The van der Waals surface area contributed by atoms with Crippen molar-refractivity contribution in [3.63, 3.8) is 0 Å². The van der Waals surface area contributed by atoms with E-state index in [1.165, 1.54) is 0 Å². The number of ether oxygens (including phenoxy) is 2. The van der Waals surface area contributed by atoms with Crippen molar-refractivity contribution < 1.29 is 14.3 Å². The summed E-state index contributed by atoms with van der Waals surface area (Å²) in [5, 5.41) is 0. The molecule has 0 saturated carbocycles. The van der Waals surface area contributed by atoms with E-state index in [4.69, 9.17) is 14.5 Å². The molecule has 7 nitrogen and oxygen atoms in total. The van der Waals surface area contributed by atoms with Crippen molar-refractivity contribution in [2.75, 3.05) is 46.0 Å². The highest BCUT2D eigenvalue weighted by molar-refractivity contribution is 5.95. The van der Waals surface area contributed by atoms with Gasteiger partial charge >= 0.3 is 0 Å². The van der Waals surface area contributed by atoms with Crippen LogP contribution in [-0.2, 0) is 4.74 Å². The van der Waals surface area contributed by atoms with Gasteiger partial charge in [-0.3, -0.25) is 9.69 Å². The van der Waals surface area contributed by atoms with Gasteiger partial charge in [0.05, 0.1) is 24.9 Å². The summed E-state index contributed by atoms with van der Waals surface area (Å²) < 4.78 is 11.4. The quantitative estimate of drug-likeness (QED) is 0.536.